The highest BCUT2D eigenvalue weighted by Gasteiger charge is 2.22. The average molecular weight is 421 g/mol. The van der Waals surface area contributed by atoms with E-state index in [0.29, 0.717) is 22.9 Å². The molecule has 0 aliphatic rings. The molecule has 0 radical (unpaired) electrons. The zero-order chi connectivity index (χ0) is 21.6. The van der Waals surface area contributed by atoms with E-state index in [1.165, 1.54) is 52.3 Å². The van der Waals surface area contributed by atoms with Crippen LogP contribution in [0.25, 0.3) is 0 Å². The van der Waals surface area contributed by atoms with Crippen LogP contribution in [-0.4, -0.2) is 40.5 Å². The second-order valence-electron chi connectivity index (χ2n) is 6.11. The number of amides is 2. The van der Waals surface area contributed by atoms with E-state index in [-0.39, 0.29) is 10.8 Å². The first kappa shape index (κ1) is 22.2. The summed E-state index contributed by atoms with van der Waals surface area (Å²) in [5, 5.41) is 5.17. The zero-order valence-electron chi connectivity index (χ0n) is 16.5. The molecule has 2 amide bonds. The molecule has 0 fully saturated rings. The third-order valence-electron chi connectivity index (χ3n) is 3.86. The van der Waals surface area contributed by atoms with Gasteiger partial charge in [-0.1, -0.05) is 0 Å². The lowest BCUT2D eigenvalue weighted by Gasteiger charge is -2.16. The molecule has 1 atom stereocenters. The monoisotopic (exact) mass is 421 g/mol. The molecule has 0 saturated heterocycles. The lowest BCUT2D eigenvalue weighted by Crippen LogP contribution is -2.41. The number of anilines is 2. The average Bonchev–Trinajstić information content (AvgIpc) is 2.67. The number of benzene rings is 2. The van der Waals surface area contributed by atoms with Gasteiger partial charge in [0.15, 0.2) is 11.5 Å². The molecule has 2 aromatic rings. The van der Waals surface area contributed by atoms with E-state index in [1.807, 2.05) is 0 Å². The highest BCUT2D eigenvalue weighted by molar-refractivity contribution is 7.89. The third kappa shape index (κ3) is 5.93. The maximum Gasteiger partial charge on any atom is 0.242 e. The first-order chi connectivity index (χ1) is 13.7. The Morgan fingerprint density at radius 3 is 2.03 bits per heavy atom. The van der Waals surface area contributed by atoms with Crippen LogP contribution >= 0.6 is 0 Å². The van der Waals surface area contributed by atoms with Crippen molar-refractivity contribution in [2.24, 2.45) is 0 Å². The first-order valence-corrected chi connectivity index (χ1v) is 10.1. The molecule has 3 N–H and O–H groups in total. The molecule has 0 bridgehead atoms. The number of carbonyl (C=O) groups is 2. The molecule has 0 aliphatic carbocycles. The zero-order valence-corrected chi connectivity index (χ0v) is 17.3. The Balaban J connectivity index is 2.07. The van der Waals surface area contributed by atoms with Gasteiger partial charge >= 0.3 is 0 Å². The SMILES string of the molecule is COc1ccc(NC(=O)[C@H](C)NS(=O)(=O)c2ccc(NC(C)=O)cc2)cc1OC. The minimum absolute atomic E-state index is 0.0302. The van der Waals surface area contributed by atoms with E-state index < -0.39 is 22.0 Å². The molecule has 0 aliphatic heterocycles. The molecule has 0 unspecified atom stereocenters. The number of rotatable bonds is 8. The van der Waals surface area contributed by atoms with Crippen molar-refractivity contribution in [2.45, 2.75) is 24.8 Å². The Hall–Kier alpha value is -3.11. The van der Waals surface area contributed by atoms with Crippen LogP contribution in [0.4, 0.5) is 11.4 Å². The summed E-state index contributed by atoms with van der Waals surface area (Å²) in [5.74, 6) is 0.120. The number of ether oxygens (including phenoxy) is 2. The van der Waals surface area contributed by atoms with Crippen molar-refractivity contribution in [2.75, 3.05) is 24.9 Å². The molecule has 10 heteroatoms. The van der Waals surface area contributed by atoms with Crippen molar-refractivity contribution in [3.05, 3.63) is 42.5 Å². The lowest BCUT2D eigenvalue weighted by molar-refractivity contribution is -0.117. The minimum atomic E-state index is -3.93. The van der Waals surface area contributed by atoms with Gasteiger partial charge in [-0.15, -0.1) is 0 Å². The van der Waals surface area contributed by atoms with Crippen LogP contribution in [0.1, 0.15) is 13.8 Å². The van der Waals surface area contributed by atoms with Gasteiger partial charge in [0.2, 0.25) is 21.8 Å². The Kier molecular flexibility index (Phi) is 7.18. The van der Waals surface area contributed by atoms with E-state index in [1.54, 1.807) is 18.2 Å². The highest BCUT2D eigenvalue weighted by atomic mass is 32.2. The Bertz CT molecular complexity index is 990. The van der Waals surface area contributed by atoms with E-state index in [4.69, 9.17) is 9.47 Å². The second kappa shape index (κ2) is 9.39. The molecule has 2 aromatic carbocycles. The summed E-state index contributed by atoms with van der Waals surface area (Å²) in [5.41, 5.74) is 0.897. The lowest BCUT2D eigenvalue weighted by atomic mass is 10.2. The van der Waals surface area contributed by atoms with Crippen LogP contribution in [0.2, 0.25) is 0 Å². The van der Waals surface area contributed by atoms with Gasteiger partial charge in [0.05, 0.1) is 25.2 Å². The molecule has 9 nitrogen and oxygen atoms in total. The summed E-state index contributed by atoms with van der Waals surface area (Å²) in [6, 6.07) is 9.37. The Morgan fingerprint density at radius 1 is 0.897 bits per heavy atom. The molecule has 0 heterocycles. The van der Waals surface area contributed by atoms with Crippen LogP contribution in [0, 0.1) is 0 Å². The molecule has 0 spiro atoms. The fourth-order valence-corrected chi connectivity index (χ4v) is 3.64. The Morgan fingerprint density at radius 2 is 1.48 bits per heavy atom. The van der Waals surface area contributed by atoms with Crippen molar-refractivity contribution >= 4 is 33.2 Å². The topological polar surface area (TPSA) is 123 Å². The van der Waals surface area contributed by atoms with Gasteiger partial charge in [-0.3, -0.25) is 9.59 Å². The summed E-state index contributed by atoms with van der Waals surface area (Å²) < 4.78 is 37.6. The Labute approximate surface area is 169 Å². The van der Waals surface area contributed by atoms with Crippen molar-refractivity contribution in [1.29, 1.82) is 0 Å². The van der Waals surface area contributed by atoms with Crippen LogP contribution < -0.4 is 24.8 Å². The summed E-state index contributed by atoms with van der Waals surface area (Å²) in [6.45, 7) is 2.78. The van der Waals surface area contributed by atoms with Crippen molar-refractivity contribution < 1.29 is 27.5 Å². The second-order valence-corrected chi connectivity index (χ2v) is 7.82. The van der Waals surface area contributed by atoms with Crippen LogP contribution in [-0.2, 0) is 19.6 Å². The molecule has 0 aromatic heterocycles. The minimum Gasteiger partial charge on any atom is -0.493 e. The van der Waals surface area contributed by atoms with Gasteiger partial charge < -0.3 is 20.1 Å². The highest BCUT2D eigenvalue weighted by Crippen LogP contribution is 2.29. The van der Waals surface area contributed by atoms with Gasteiger partial charge in [0.25, 0.3) is 0 Å². The fourth-order valence-electron chi connectivity index (χ4n) is 2.44. The van der Waals surface area contributed by atoms with E-state index in [2.05, 4.69) is 15.4 Å². The van der Waals surface area contributed by atoms with Gasteiger partial charge in [0, 0.05) is 24.4 Å². The van der Waals surface area contributed by atoms with Gasteiger partial charge in [0.1, 0.15) is 0 Å². The predicted molar refractivity (Wildman–Crippen MR) is 109 cm³/mol. The number of nitrogens with one attached hydrogen (secondary N) is 3. The maximum atomic E-state index is 12.5. The van der Waals surface area contributed by atoms with Crippen molar-refractivity contribution in [1.82, 2.24) is 4.72 Å². The number of methoxy groups -OCH3 is 2. The normalized spacial score (nSPS) is 12.0. The van der Waals surface area contributed by atoms with Crippen LogP contribution in [0.5, 0.6) is 11.5 Å². The molecule has 156 valence electrons. The fraction of sp³-hybridized carbons (Fsp3) is 0.263. The van der Waals surface area contributed by atoms with Crippen LogP contribution in [0.15, 0.2) is 47.4 Å². The van der Waals surface area contributed by atoms with E-state index in [0.717, 1.165) is 0 Å². The van der Waals surface area contributed by atoms with Crippen molar-refractivity contribution in [3.63, 3.8) is 0 Å². The summed E-state index contributed by atoms with van der Waals surface area (Å²) in [6.07, 6.45) is 0. The number of sulfonamides is 1. The van der Waals surface area contributed by atoms with E-state index >= 15 is 0 Å². The first-order valence-electron chi connectivity index (χ1n) is 8.59. The van der Waals surface area contributed by atoms with Crippen molar-refractivity contribution in [3.8, 4) is 11.5 Å². The van der Waals surface area contributed by atoms with Gasteiger partial charge in [-0.05, 0) is 43.3 Å². The number of carbonyl (C=O) groups excluding carboxylic acids is 2. The number of hydrogen-bond acceptors (Lipinski definition) is 6. The smallest absolute Gasteiger partial charge is 0.242 e. The van der Waals surface area contributed by atoms with Crippen LogP contribution in [0.3, 0.4) is 0 Å². The molecule has 29 heavy (non-hydrogen) atoms. The largest absolute Gasteiger partial charge is 0.493 e. The molecular weight excluding hydrogens is 398 g/mol. The summed E-state index contributed by atoms with van der Waals surface area (Å²) in [7, 11) is -0.968. The van der Waals surface area contributed by atoms with E-state index in [9.17, 15) is 18.0 Å². The molecular formula is C19H23N3O6S. The predicted octanol–water partition coefficient (Wildman–Crippen LogP) is 1.97. The maximum absolute atomic E-state index is 12.5. The number of hydrogen-bond donors (Lipinski definition) is 3. The van der Waals surface area contributed by atoms with Gasteiger partial charge in [-0.25, -0.2) is 8.42 Å². The third-order valence-corrected chi connectivity index (χ3v) is 5.42. The summed E-state index contributed by atoms with van der Waals surface area (Å²) in [4.78, 5) is 23.4. The quantitative estimate of drug-likeness (QED) is 0.599. The van der Waals surface area contributed by atoms with Gasteiger partial charge in [-0.2, -0.15) is 4.72 Å². The standard InChI is InChI=1S/C19H23N3O6S/c1-12(19(24)21-15-7-10-17(27-3)18(11-15)28-4)22-29(25,26)16-8-5-14(6-9-16)20-13(2)23/h5-12,22H,1-4H3,(H,20,23)(H,21,24)/t12-/m0/s1. The summed E-state index contributed by atoms with van der Waals surface area (Å²) >= 11 is 0. The molecule has 2 rings (SSSR count). The molecule has 0 saturated carbocycles.